The molecule has 1 N–H and O–H groups in total. The van der Waals surface area contributed by atoms with Crippen molar-refractivity contribution in [2.45, 2.75) is 39.2 Å². The zero-order chi connectivity index (χ0) is 12.4. The summed E-state index contributed by atoms with van der Waals surface area (Å²) in [5.41, 5.74) is 0. The second-order valence-electron chi connectivity index (χ2n) is 5.44. The molecule has 3 heteroatoms. The molecule has 1 aliphatic carbocycles. The second kappa shape index (κ2) is 5.45. The Balaban J connectivity index is 2.08. The van der Waals surface area contributed by atoms with Crippen molar-refractivity contribution in [2.75, 3.05) is 7.05 Å². The van der Waals surface area contributed by atoms with Crippen LogP contribution in [-0.2, 0) is 0 Å². The maximum Gasteiger partial charge on any atom is 0.193 e. The van der Waals surface area contributed by atoms with E-state index in [0.717, 1.165) is 17.6 Å². The molecule has 0 saturated heterocycles. The average molecular weight is 256 g/mol. The highest BCUT2D eigenvalue weighted by molar-refractivity contribution is 6.28. The van der Waals surface area contributed by atoms with Gasteiger partial charge in [0.15, 0.2) is 5.22 Å². The van der Waals surface area contributed by atoms with E-state index < -0.39 is 0 Å². The normalized spacial score (nSPS) is 31.4. The summed E-state index contributed by atoms with van der Waals surface area (Å²) in [4.78, 5) is 0. The third kappa shape index (κ3) is 2.86. The first-order valence-electron chi connectivity index (χ1n) is 6.54. The molecule has 1 aromatic heterocycles. The van der Waals surface area contributed by atoms with Gasteiger partial charge in [-0.2, -0.15) is 0 Å². The largest absolute Gasteiger partial charge is 0.448 e. The van der Waals surface area contributed by atoms with Crippen molar-refractivity contribution in [3.63, 3.8) is 0 Å². The topological polar surface area (TPSA) is 25.2 Å². The summed E-state index contributed by atoms with van der Waals surface area (Å²) in [6.45, 7) is 4.72. The van der Waals surface area contributed by atoms with Gasteiger partial charge in [0.1, 0.15) is 5.76 Å². The average Bonchev–Trinajstić information content (AvgIpc) is 2.71. The Hall–Kier alpha value is -0.470. The van der Waals surface area contributed by atoms with Crippen molar-refractivity contribution in [3.8, 4) is 0 Å². The number of nitrogens with one attached hydrogen (secondary N) is 1. The lowest BCUT2D eigenvalue weighted by Gasteiger charge is -2.35. The number of halogens is 1. The molecule has 2 nitrogen and oxygen atoms in total. The van der Waals surface area contributed by atoms with Gasteiger partial charge in [0, 0.05) is 0 Å². The highest BCUT2D eigenvalue weighted by Crippen LogP contribution is 2.40. The van der Waals surface area contributed by atoms with E-state index in [1.807, 2.05) is 19.2 Å². The van der Waals surface area contributed by atoms with Gasteiger partial charge in [-0.15, -0.1) is 0 Å². The third-order valence-corrected chi connectivity index (χ3v) is 4.52. The minimum Gasteiger partial charge on any atom is -0.448 e. The zero-order valence-corrected chi connectivity index (χ0v) is 11.6. The highest BCUT2D eigenvalue weighted by Gasteiger charge is 2.31. The molecule has 0 aromatic carbocycles. The zero-order valence-electron chi connectivity index (χ0n) is 10.9. The molecular weight excluding hydrogens is 234 g/mol. The van der Waals surface area contributed by atoms with Gasteiger partial charge in [0.25, 0.3) is 0 Å². The van der Waals surface area contributed by atoms with E-state index in [4.69, 9.17) is 16.0 Å². The molecule has 4 unspecified atom stereocenters. The van der Waals surface area contributed by atoms with Gasteiger partial charge in [0.2, 0.25) is 0 Å². The smallest absolute Gasteiger partial charge is 0.193 e. The molecular formula is C14H22ClNO. The summed E-state index contributed by atoms with van der Waals surface area (Å²) in [5.74, 6) is 3.29. The van der Waals surface area contributed by atoms with E-state index >= 15 is 0 Å². The lowest BCUT2D eigenvalue weighted by molar-refractivity contribution is 0.164. The van der Waals surface area contributed by atoms with E-state index in [9.17, 15) is 0 Å². The first kappa shape index (κ1) is 13.0. The molecule has 0 bridgehead atoms. The first-order valence-corrected chi connectivity index (χ1v) is 6.92. The van der Waals surface area contributed by atoms with Crippen molar-refractivity contribution in [3.05, 3.63) is 23.1 Å². The van der Waals surface area contributed by atoms with Crippen LogP contribution in [0.1, 0.15) is 44.9 Å². The Morgan fingerprint density at radius 2 is 2.06 bits per heavy atom. The van der Waals surface area contributed by atoms with E-state index in [2.05, 4.69) is 19.2 Å². The van der Waals surface area contributed by atoms with Crippen LogP contribution in [0.15, 0.2) is 16.5 Å². The predicted molar refractivity (Wildman–Crippen MR) is 71.2 cm³/mol. The van der Waals surface area contributed by atoms with Crippen molar-refractivity contribution in [1.29, 1.82) is 0 Å². The maximum absolute atomic E-state index is 5.86. The molecule has 0 spiro atoms. The summed E-state index contributed by atoms with van der Waals surface area (Å²) < 4.78 is 5.55. The predicted octanol–water partition coefficient (Wildman–Crippen LogP) is 4.27. The maximum atomic E-state index is 5.86. The number of hydrogen-bond acceptors (Lipinski definition) is 2. The molecule has 1 heterocycles. The Kier molecular flexibility index (Phi) is 4.16. The summed E-state index contributed by atoms with van der Waals surface area (Å²) in [6.07, 6.45) is 3.86. The van der Waals surface area contributed by atoms with Crippen molar-refractivity contribution in [1.82, 2.24) is 5.32 Å². The number of rotatable bonds is 3. The summed E-state index contributed by atoms with van der Waals surface area (Å²) in [5, 5.41) is 3.87. The number of hydrogen-bond donors (Lipinski definition) is 1. The fraction of sp³-hybridized carbons (Fsp3) is 0.714. The highest BCUT2D eigenvalue weighted by atomic mass is 35.5. The molecule has 0 amide bonds. The Morgan fingerprint density at radius 1 is 1.29 bits per heavy atom. The van der Waals surface area contributed by atoms with Crippen LogP contribution in [0.4, 0.5) is 0 Å². The number of furan rings is 1. The van der Waals surface area contributed by atoms with Gasteiger partial charge in [-0.3, -0.25) is 0 Å². The minimum atomic E-state index is 0.303. The third-order valence-electron chi connectivity index (χ3n) is 4.32. The van der Waals surface area contributed by atoms with Crippen LogP contribution in [0.25, 0.3) is 0 Å². The fourth-order valence-electron chi connectivity index (χ4n) is 3.00. The summed E-state index contributed by atoms with van der Waals surface area (Å²) in [6, 6.07) is 4.12. The molecule has 0 radical (unpaired) electrons. The second-order valence-corrected chi connectivity index (χ2v) is 5.81. The molecule has 17 heavy (non-hydrogen) atoms. The fourth-order valence-corrected chi connectivity index (χ4v) is 3.15. The van der Waals surface area contributed by atoms with E-state index in [0.29, 0.717) is 17.2 Å². The Morgan fingerprint density at radius 3 is 2.59 bits per heavy atom. The van der Waals surface area contributed by atoms with Crippen LogP contribution in [-0.4, -0.2) is 7.05 Å². The molecule has 1 aromatic rings. The molecule has 96 valence electrons. The van der Waals surface area contributed by atoms with Crippen molar-refractivity contribution in [2.24, 2.45) is 17.8 Å². The van der Waals surface area contributed by atoms with Gasteiger partial charge >= 0.3 is 0 Å². The van der Waals surface area contributed by atoms with Gasteiger partial charge < -0.3 is 9.73 Å². The van der Waals surface area contributed by atoms with E-state index in [-0.39, 0.29) is 0 Å². The van der Waals surface area contributed by atoms with Crippen molar-refractivity contribution >= 4 is 11.6 Å². The lowest BCUT2D eigenvalue weighted by atomic mass is 9.73. The molecule has 1 fully saturated rings. The lowest BCUT2D eigenvalue weighted by Crippen LogP contribution is -2.31. The molecule has 0 aliphatic heterocycles. The van der Waals surface area contributed by atoms with Crippen LogP contribution in [0.3, 0.4) is 0 Å². The quantitative estimate of drug-likeness (QED) is 0.873. The van der Waals surface area contributed by atoms with Crippen LogP contribution in [0, 0.1) is 17.8 Å². The molecule has 2 rings (SSSR count). The monoisotopic (exact) mass is 255 g/mol. The minimum absolute atomic E-state index is 0.303. The molecule has 4 atom stereocenters. The van der Waals surface area contributed by atoms with Crippen LogP contribution < -0.4 is 5.32 Å². The van der Waals surface area contributed by atoms with Gasteiger partial charge in [-0.25, -0.2) is 0 Å². The van der Waals surface area contributed by atoms with Crippen LogP contribution in [0.2, 0.25) is 5.22 Å². The van der Waals surface area contributed by atoms with Crippen LogP contribution in [0.5, 0.6) is 0 Å². The Bertz CT molecular complexity index is 363. The first-order chi connectivity index (χ1) is 8.11. The van der Waals surface area contributed by atoms with Gasteiger partial charge in [-0.05, 0) is 61.4 Å². The molecule has 1 saturated carbocycles. The van der Waals surface area contributed by atoms with Crippen LogP contribution >= 0.6 is 11.6 Å². The van der Waals surface area contributed by atoms with Crippen molar-refractivity contribution < 1.29 is 4.42 Å². The SMILES string of the molecule is CNC(c1ccc(Cl)o1)C1CCC(C)C(C)C1. The molecule has 1 aliphatic rings. The Labute approximate surface area is 109 Å². The van der Waals surface area contributed by atoms with Gasteiger partial charge in [-0.1, -0.05) is 20.3 Å². The van der Waals surface area contributed by atoms with E-state index in [1.165, 1.54) is 19.3 Å². The summed E-state index contributed by atoms with van der Waals surface area (Å²) in [7, 11) is 2.00. The summed E-state index contributed by atoms with van der Waals surface area (Å²) >= 11 is 5.86. The van der Waals surface area contributed by atoms with E-state index in [1.54, 1.807) is 0 Å². The van der Waals surface area contributed by atoms with Gasteiger partial charge in [0.05, 0.1) is 6.04 Å². The standard InChI is InChI=1S/C14H22ClNO/c1-9-4-5-11(8-10(9)2)14(16-3)12-6-7-13(15)17-12/h6-7,9-11,14,16H,4-5,8H2,1-3H3.